The molecule has 7 heteroatoms. The molecule has 1 aliphatic rings. The molecule has 0 aromatic heterocycles. The number of nitrogens with zero attached hydrogens (tertiary/aromatic N) is 1. The van der Waals surface area contributed by atoms with E-state index in [1.165, 1.54) is 36.3 Å². The molecular weight excluding hydrogens is 305 g/mol. The smallest absolute Gasteiger partial charge is 0.305 e. The molecule has 2 rings (SSSR count). The Bertz CT molecular complexity index is 579. The minimum absolute atomic E-state index is 0.165. The van der Waals surface area contributed by atoms with Gasteiger partial charge in [-0.05, 0) is 24.1 Å². The number of rotatable bonds is 6. The van der Waals surface area contributed by atoms with Crippen LogP contribution in [0.25, 0.3) is 0 Å². The van der Waals surface area contributed by atoms with Gasteiger partial charge in [0, 0.05) is 19.7 Å². The van der Waals surface area contributed by atoms with Crippen molar-refractivity contribution in [3.63, 3.8) is 0 Å². The van der Waals surface area contributed by atoms with Crippen LogP contribution in [-0.2, 0) is 14.3 Å². The van der Waals surface area contributed by atoms with Gasteiger partial charge >= 0.3 is 5.97 Å². The molecule has 1 aromatic rings. The highest BCUT2D eigenvalue weighted by Crippen LogP contribution is 2.26. The lowest BCUT2D eigenvalue weighted by molar-refractivity contribution is -0.140. The van der Waals surface area contributed by atoms with Crippen molar-refractivity contribution in [1.29, 1.82) is 0 Å². The molecule has 1 aliphatic heterocycles. The van der Waals surface area contributed by atoms with Crippen LogP contribution in [0.5, 0.6) is 0 Å². The van der Waals surface area contributed by atoms with Crippen molar-refractivity contribution < 1.29 is 28.9 Å². The molecule has 1 fully saturated rings. The molecular formula is C16H20FNO5. The Morgan fingerprint density at radius 2 is 2.22 bits per heavy atom. The van der Waals surface area contributed by atoms with E-state index in [0.29, 0.717) is 18.5 Å². The molecule has 3 atom stereocenters. The second-order valence-corrected chi connectivity index (χ2v) is 5.67. The number of carbonyl (C=O) groups excluding carboxylic acids is 1. The van der Waals surface area contributed by atoms with E-state index in [9.17, 15) is 19.1 Å². The van der Waals surface area contributed by atoms with Gasteiger partial charge in [0.2, 0.25) is 5.91 Å². The van der Waals surface area contributed by atoms with Crippen molar-refractivity contribution in [2.24, 2.45) is 0 Å². The topological polar surface area (TPSA) is 87.1 Å². The monoisotopic (exact) mass is 325 g/mol. The van der Waals surface area contributed by atoms with E-state index in [1.54, 1.807) is 0 Å². The van der Waals surface area contributed by atoms with Gasteiger partial charge in [-0.1, -0.05) is 12.1 Å². The van der Waals surface area contributed by atoms with E-state index in [0.717, 1.165) is 0 Å². The zero-order valence-electron chi connectivity index (χ0n) is 12.8. The van der Waals surface area contributed by atoms with Gasteiger partial charge in [-0.2, -0.15) is 0 Å². The van der Waals surface area contributed by atoms with Crippen molar-refractivity contribution in [2.45, 2.75) is 37.5 Å². The number of amides is 1. The van der Waals surface area contributed by atoms with E-state index >= 15 is 0 Å². The lowest BCUT2D eigenvalue weighted by atomic mass is 10.1. The third kappa shape index (κ3) is 4.49. The Balaban J connectivity index is 2.04. The number of aliphatic hydroxyl groups excluding tert-OH is 1. The SMILES string of the molecule is CO[C@@H]1C[C@@H](CC(=O)O)N(C(=O)C[C@H](O)c2cccc(F)c2)C1. The summed E-state index contributed by atoms with van der Waals surface area (Å²) in [5, 5.41) is 19.1. The number of hydrogen-bond donors (Lipinski definition) is 2. The van der Waals surface area contributed by atoms with Crippen molar-refractivity contribution in [3.05, 3.63) is 35.6 Å². The summed E-state index contributed by atoms with van der Waals surface area (Å²) < 4.78 is 18.4. The normalized spacial score (nSPS) is 22.1. The fourth-order valence-electron chi connectivity index (χ4n) is 2.86. The molecule has 0 bridgehead atoms. The number of halogens is 1. The molecule has 6 nitrogen and oxygen atoms in total. The highest BCUT2D eigenvalue weighted by molar-refractivity contribution is 5.78. The van der Waals surface area contributed by atoms with Crippen molar-refractivity contribution in [2.75, 3.05) is 13.7 Å². The molecule has 0 spiro atoms. The first-order valence-corrected chi connectivity index (χ1v) is 7.38. The van der Waals surface area contributed by atoms with Gasteiger partial charge < -0.3 is 19.8 Å². The molecule has 1 heterocycles. The first-order chi connectivity index (χ1) is 10.9. The molecule has 1 amide bonds. The Labute approximate surface area is 133 Å². The Kier molecular flexibility index (Phi) is 5.68. The van der Waals surface area contributed by atoms with E-state index < -0.39 is 23.9 Å². The summed E-state index contributed by atoms with van der Waals surface area (Å²) in [6.45, 7) is 0.295. The lowest BCUT2D eigenvalue weighted by Gasteiger charge is -2.24. The average Bonchev–Trinajstić information content (AvgIpc) is 2.89. The molecule has 2 N–H and O–H groups in total. The van der Waals surface area contributed by atoms with E-state index in [4.69, 9.17) is 9.84 Å². The minimum Gasteiger partial charge on any atom is -0.481 e. The predicted molar refractivity (Wildman–Crippen MR) is 79.1 cm³/mol. The van der Waals surface area contributed by atoms with Crippen LogP contribution in [0, 0.1) is 5.82 Å². The fourth-order valence-corrected chi connectivity index (χ4v) is 2.86. The number of likely N-dealkylation sites (tertiary alicyclic amines) is 1. The van der Waals surface area contributed by atoms with Crippen molar-refractivity contribution in [1.82, 2.24) is 4.90 Å². The van der Waals surface area contributed by atoms with Gasteiger partial charge in [-0.25, -0.2) is 4.39 Å². The van der Waals surface area contributed by atoms with Gasteiger partial charge in [0.15, 0.2) is 0 Å². The Hall–Kier alpha value is -1.99. The summed E-state index contributed by atoms with van der Waals surface area (Å²) in [6.07, 6.45) is -1.29. The Morgan fingerprint density at radius 1 is 1.48 bits per heavy atom. The van der Waals surface area contributed by atoms with Crippen LogP contribution in [0.15, 0.2) is 24.3 Å². The van der Waals surface area contributed by atoms with Gasteiger partial charge in [-0.3, -0.25) is 9.59 Å². The molecule has 1 saturated heterocycles. The number of aliphatic hydroxyl groups is 1. The largest absolute Gasteiger partial charge is 0.481 e. The standard InChI is InChI=1S/C16H20FNO5/c1-23-13-6-12(7-16(21)22)18(9-13)15(20)8-14(19)10-3-2-4-11(17)5-10/h2-5,12-14,19H,6-9H2,1H3,(H,21,22)/t12-,13+,14-/m0/s1. The second-order valence-electron chi connectivity index (χ2n) is 5.67. The van der Waals surface area contributed by atoms with Gasteiger partial charge in [0.05, 0.1) is 25.0 Å². The first-order valence-electron chi connectivity index (χ1n) is 7.38. The molecule has 23 heavy (non-hydrogen) atoms. The highest BCUT2D eigenvalue weighted by atomic mass is 19.1. The predicted octanol–water partition coefficient (Wildman–Crippen LogP) is 1.34. The fraction of sp³-hybridized carbons (Fsp3) is 0.500. The average molecular weight is 325 g/mol. The zero-order chi connectivity index (χ0) is 17.0. The van der Waals surface area contributed by atoms with Crippen molar-refractivity contribution >= 4 is 11.9 Å². The van der Waals surface area contributed by atoms with Gasteiger partial charge in [-0.15, -0.1) is 0 Å². The maximum Gasteiger partial charge on any atom is 0.305 e. The second kappa shape index (κ2) is 7.52. The van der Waals surface area contributed by atoms with Crippen molar-refractivity contribution in [3.8, 4) is 0 Å². The number of ether oxygens (including phenoxy) is 1. The lowest BCUT2D eigenvalue weighted by Crippen LogP contribution is -2.38. The summed E-state index contributed by atoms with van der Waals surface area (Å²) in [6, 6.07) is 4.98. The Morgan fingerprint density at radius 3 is 2.83 bits per heavy atom. The summed E-state index contributed by atoms with van der Waals surface area (Å²) in [5.41, 5.74) is 0.315. The molecule has 126 valence electrons. The number of methoxy groups -OCH3 is 1. The third-order valence-electron chi connectivity index (χ3n) is 4.04. The molecule has 1 aromatic carbocycles. The summed E-state index contributed by atoms with van der Waals surface area (Å²) >= 11 is 0. The van der Waals surface area contributed by atoms with Gasteiger partial charge in [0.25, 0.3) is 0 Å². The van der Waals surface area contributed by atoms with Crippen LogP contribution in [0.1, 0.15) is 30.9 Å². The molecule has 0 unspecified atom stereocenters. The molecule has 0 saturated carbocycles. The molecule has 0 aliphatic carbocycles. The molecule has 0 radical (unpaired) electrons. The van der Waals surface area contributed by atoms with Crippen LogP contribution in [-0.4, -0.2) is 52.8 Å². The van der Waals surface area contributed by atoms with E-state index in [2.05, 4.69) is 0 Å². The quantitative estimate of drug-likeness (QED) is 0.824. The van der Waals surface area contributed by atoms with E-state index in [1.807, 2.05) is 0 Å². The van der Waals surface area contributed by atoms with Gasteiger partial charge in [0.1, 0.15) is 5.82 Å². The maximum atomic E-state index is 13.2. The van der Waals surface area contributed by atoms with Crippen LogP contribution in [0.3, 0.4) is 0 Å². The minimum atomic E-state index is -1.13. The van der Waals surface area contributed by atoms with Crippen LogP contribution in [0.2, 0.25) is 0 Å². The van der Waals surface area contributed by atoms with E-state index in [-0.39, 0.29) is 24.9 Å². The number of carboxylic acids is 1. The van der Waals surface area contributed by atoms with Crippen LogP contribution in [0.4, 0.5) is 4.39 Å². The number of carboxylic acid groups (broad SMARTS) is 1. The number of carbonyl (C=O) groups is 2. The number of aliphatic carboxylic acids is 1. The highest BCUT2D eigenvalue weighted by Gasteiger charge is 2.37. The summed E-state index contributed by atoms with van der Waals surface area (Å²) in [5.74, 6) is -1.85. The number of benzene rings is 1. The van der Waals surface area contributed by atoms with Crippen LogP contribution < -0.4 is 0 Å². The van der Waals surface area contributed by atoms with Crippen LogP contribution >= 0.6 is 0 Å². The summed E-state index contributed by atoms with van der Waals surface area (Å²) in [4.78, 5) is 24.8. The zero-order valence-corrected chi connectivity index (χ0v) is 12.8. The number of hydrogen-bond acceptors (Lipinski definition) is 4. The first kappa shape index (κ1) is 17.4. The third-order valence-corrected chi connectivity index (χ3v) is 4.04. The summed E-state index contributed by atoms with van der Waals surface area (Å²) in [7, 11) is 1.51. The maximum absolute atomic E-state index is 13.2.